The fourth-order valence-electron chi connectivity index (χ4n) is 2.82. The Labute approximate surface area is 113 Å². The van der Waals surface area contributed by atoms with Gasteiger partial charge in [-0.25, -0.2) is 0 Å². The third-order valence-corrected chi connectivity index (χ3v) is 3.84. The molecule has 2 heterocycles. The van der Waals surface area contributed by atoms with Crippen molar-refractivity contribution in [3.8, 4) is 0 Å². The van der Waals surface area contributed by atoms with E-state index < -0.39 is 0 Å². The Hall–Kier alpha value is -2.03. The molecule has 3 rings (SSSR count). The number of hydrogen-bond donors (Lipinski definition) is 0. The molecule has 2 aromatic rings. The molecule has 0 aliphatic carbocycles. The van der Waals surface area contributed by atoms with Crippen LogP contribution in [0.4, 0.5) is 0 Å². The van der Waals surface area contributed by atoms with Crippen molar-refractivity contribution in [2.45, 2.75) is 26.4 Å². The Morgan fingerprint density at radius 2 is 1.89 bits per heavy atom. The molecule has 1 aliphatic rings. The molecule has 1 atom stereocenters. The second-order valence-electron chi connectivity index (χ2n) is 5.15. The molecule has 0 saturated heterocycles. The SMILES string of the molecule is CC(=O)N1CCn2cccc2C1c1ccc(C)cc1. The number of aromatic nitrogens is 1. The van der Waals surface area contributed by atoms with Gasteiger partial charge in [-0.1, -0.05) is 29.8 Å². The van der Waals surface area contributed by atoms with E-state index in [2.05, 4.69) is 54.1 Å². The molecule has 0 N–H and O–H groups in total. The van der Waals surface area contributed by atoms with Crippen molar-refractivity contribution in [2.24, 2.45) is 0 Å². The maximum Gasteiger partial charge on any atom is 0.220 e. The highest BCUT2D eigenvalue weighted by Gasteiger charge is 2.30. The maximum absolute atomic E-state index is 11.9. The van der Waals surface area contributed by atoms with Crippen LogP contribution in [0.2, 0.25) is 0 Å². The zero-order valence-electron chi connectivity index (χ0n) is 11.3. The van der Waals surface area contributed by atoms with Gasteiger partial charge in [0.15, 0.2) is 0 Å². The molecule has 98 valence electrons. The molecule has 1 aliphatic heterocycles. The van der Waals surface area contributed by atoms with Gasteiger partial charge in [0.2, 0.25) is 5.91 Å². The monoisotopic (exact) mass is 254 g/mol. The molecule has 0 saturated carbocycles. The molecule has 1 amide bonds. The van der Waals surface area contributed by atoms with Gasteiger partial charge in [-0.15, -0.1) is 0 Å². The van der Waals surface area contributed by atoms with Crippen LogP contribution in [0, 0.1) is 6.92 Å². The van der Waals surface area contributed by atoms with Crippen LogP contribution in [0.25, 0.3) is 0 Å². The third kappa shape index (κ3) is 2.05. The van der Waals surface area contributed by atoms with E-state index in [0.29, 0.717) is 0 Å². The Morgan fingerprint density at radius 1 is 1.16 bits per heavy atom. The summed E-state index contributed by atoms with van der Waals surface area (Å²) in [5.74, 6) is 0.137. The van der Waals surface area contributed by atoms with Crippen LogP contribution in [-0.4, -0.2) is 21.9 Å². The van der Waals surface area contributed by atoms with Crippen molar-refractivity contribution in [1.82, 2.24) is 9.47 Å². The minimum Gasteiger partial charge on any atom is -0.348 e. The van der Waals surface area contributed by atoms with Gasteiger partial charge in [0.1, 0.15) is 0 Å². The van der Waals surface area contributed by atoms with Gasteiger partial charge < -0.3 is 9.47 Å². The second-order valence-corrected chi connectivity index (χ2v) is 5.15. The molecule has 0 bridgehead atoms. The van der Waals surface area contributed by atoms with Crippen LogP contribution in [0.3, 0.4) is 0 Å². The molecule has 3 heteroatoms. The first-order chi connectivity index (χ1) is 9.16. The lowest BCUT2D eigenvalue weighted by Crippen LogP contribution is -2.41. The van der Waals surface area contributed by atoms with E-state index in [-0.39, 0.29) is 11.9 Å². The van der Waals surface area contributed by atoms with Crippen molar-refractivity contribution in [2.75, 3.05) is 6.54 Å². The summed E-state index contributed by atoms with van der Waals surface area (Å²) in [5, 5.41) is 0. The Bertz CT molecular complexity index is 597. The van der Waals surface area contributed by atoms with Crippen molar-refractivity contribution in [3.05, 3.63) is 59.4 Å². The highest BCUT2D eigenvalue weighted by molar-refractivity contribution is 5.74. The molecular weight excluding hydrogens is 236 g/mol. The standard InChI is InChI=1S/C16H18N2O/c1-12-5-7-14(8-6-12)16-15-4-3-9-17(15)10-11-18(16)13(2)19/h3-9,16H,10-11H2,1-2H3. The largest absolute Gasteiger partial charge is 0.348 e. The van der Waals surface area contributed by atoms with Gasteiger partial charge in [-0.2, -0.15) is 0 Å². The normalized spacial score (nSPS) is 18.2. The summed E-state index contributed by atoms with van der Waals surface area (Å²) in [7, 11) is 0. The molecule has 1 unspecified atom stereocenters. The lowest BCUT2D eigenvalue weighted by Gasteiger charge is -2.36. The Balaban J connectivity index is 2.08. The number of carbonyl (C=O) groups is 1. The fraction of sp³-hybridized carbons (Fsp3) is 0.312. The van der Waals surface area contributed by atoms with Gasteiger partial charge in [-0.3, -0.25) is 4.79 Å². The molecule has 1 aromatic carbocycles. The predicted molar refractivity (Wildman–Crippen MR) is 74.8 cm³/mol. The topological polar surface area (TPSA) is 25.2 Å². The molecule has 0 spiro atoms. The Morgan fingerprint density at radius 3 is 2.58 bits per heavy atom. The van der Waals surface area contributed by atoms with Gasteiger partial charge >= 0.3 is 0 Å². The predicted octanol–water partition coefficient (Wildman–Crippen LogP) is 2.75. The zero-order chi connectivity index (χ0) is 13.4. The van der Waals surface area contributed by atoms with Gasteiger partial charge in [0.25, 0.3) is 0 Å². The van der Waals surface area contributed by atoms with E-state index >= 15 is 0 Å². The van der Waals surface area contributed by atoms with Crippen LogP contribution in [0.1, 0.15) is 29.8 Å². The zero-order valence-corrected chi connectivity index (χ0v) is 11.3. The molecule has 3 nitrogen and oxygen atoms in total. The molecule has 19 heavy (non-hydrogen) atoms. The van der Waals surface area contributed by atoms with Gasteiger partial charge in [0, 0.05) is 31.9 Å². The van der Waals surface area contributed by atoms with E-state index in [1.807, 2.05) is 4.90 Å². The number of rotatable bonds is 1. The number of benzene rings is 1. The summed E-state index contributed by atoms with van der Waals surface area (Å²) in [6, 6.07) is 12.7. The average molecular weight is 254 g/mol. The summed E-state index contributed by atoms with van der Waals surface area (Å²) in [5.41, 5.74) is 3.62. The van der Waals surface area contributed by atoms with Crippen molar-refractivity contribution in [1.29, 1.82) is 0 Å². The van der Waals surface area contributed by atoms with Gasteiger partial charge in [-0.05, 0) is 24.6 Å². The van der Waals surface area contributed by atoms with Crippen LogP contribution in [-0.2, 0) is 11.3 Å². The average Bonchev–Trinajstić information content (AvgIpc) is 2.86. The lowest BCUT2D eigenvalue weighted by atomic mass is 9.99. The van der Waals surface area contributed by atoms with E-state index in [4.69, 9.17) is 0 Å². The highest BCUT2D eigenvalue weighted by atomic mass is 16.2. The minimum absolute atomic E-state index is 0.0434. The Kier molecular flexibility index (Phi) is 2.90. The number of carbonyl (C=O) groups excluding carboxylic acids is 1. The summed E-state index contributed by atoms with van der Waals surface area (Å²) in [4.78, 5) is 13.9. The highest BCUT2D eigenvalue weighted by Crippen LogP contribution is 2.32. The van der Waals surface area contributed by atoms with Gasteiger partial charge in [0.05, 0.1) is 6.04 Å². The van der Waals surface area contributed by atoms with E-state index in [1.165, 1.54) is 16.8 Å². The van der Waals surface area contributed by atoms with Crippen LogP contribution >= 0.6 is 0 Å². The van der Waals surface area contributed by atoms with Crippen LogP contribution < -0.4 is 0 Å². The first kappa shape index (κ1) is 12.0. The third-order valence-electron chi connectivity index (χ3n) is 3.84. The van der Waals surface area contributed by atoms with Crippen LogP contribution in [0.5, 0.6) is 0 Å². The summed E-state index contributed by atoms with van der Waals surface area (Å²) < 4.78 is 2.24. The lowest BCUT2D eigenvalue weighted by molar-refractivity contribution is -0.131. The van der Waals surface area contributed by atoms with Crippen LogP contribution in [0.15, 0.2) is 42.6 Å². The molecule has 0 fully saturated rings. The molecular formula is C16H18N2O. The smallest absolute Gasteiger partial charge is 0.220 e. The van der Waals surface area contributed by atoms with E-state index in [1.54, 1.807) is 6.92 Å². The van der Waals surface area contributed by atoms with E-state index in [9.17, 15) is 4.79 Å². The molecule has 1 aromatic heterocycles. The number of amides is 1. The summed E-state index contributed by atoms with van der Waals surface area (Å²) in [6.45, 7) is 5.38. The summed E-state index contributed by atoms with van der Waals surface area (Å²) >= 11 is 0. The number of nitrogens with zero attached hydrogens (tertiary/aromatic N) is 2. The fourth-order valence-corrected chi connectivity index (χ4v) is 2.82. The van der Waals surface area contributed by atoms with Crippen molar-refractivity contribution < 1.29 is 4.79 Å². The second kappa shape index (κ2) is 4.57. The first-order valence-electron chi connectivity index (χ1n) is 6.65. The van der Waals surface area contributed by atoms with Crippen molar-refractivity contribution >= 4 is 5.91 Å². The van der Waals surface area contributed by atoms with E-state index in [0.717, 1.165) is 13.1 Å². The quantitative estimate of drug-likeness (QED) is 0.768. The maximum atomic E-state index is 11.9. The summed E-state index contributed by atoms with van der Waals surface area (Å²) in [6.07, 6.45) is 2.09. The number of hydrogen-bond acceptors (Lipinski definition) is 1. The first-order valence-corrected chi connectivity index (χ1v) is 6.65. The number of fused-ring (bicyclic) bond motifs is 1. The molecule has 0 radical (unpaired) electrons. The number of aryl methyl sites for hydroxylation is 1. The minimum atomic E-state index is 0.0434. The van der Waals surface area contributed by atoms with Crippen molar-refractivity contribution in [3.63, 3.8) is 0 Å².